The highest BCUT2D eigenvalue weighted by molar-refractivity contribution is 5.02. The molecule has 4 nitrogen and oxygen atoms in total. The minimum atomic E-state index is 0.0446. The van der Waals surface area contributed by atoms with E-state index in [-0.39, 0.29) is 6.04 Å². The van der Waals surface area contributed by atoms with Crippen LogP contribution in [0, 0.1) is 6.92 Å². The van der Waals surface area contributed by atoms with Crippen molar-refractivity contribution in [3.05, 3.63) is 11.6 Å². The molecule has 1 aliphatic carbocycles. The first-order chi connectivity index (χ1) is 8.24. The molecule has 0 aliphatic heterocycles. The Kier molecular flexibility index (Phi) is 4.15. The molecular weight excluding hydrogens is 212 g/mol. The smallest absolute Gasteiger partial charge is 0.150 e. The summed E-state index contributed by atoms with van der Waals surface area (Å²) in [6.07, 6.45) is 8.61. The summed E-state index contributed by atoms with van der Waals surface area (Å²) in [6, 6.07) is 0.625. The van der Waals surface area contributed by atoms with Gasteiger partial charge in [0.05, 0.1) is 6.04 Å². The Hall–Kier alpha value is -0.900. The van der Waals surface area contributed by atoms with E-state index < -0.39 is 0 Å². The summed E-state index contributed by atoms with van der Waals surface area (Å²) >= 11 is 0. The molecule has 0 unspecified atom stereocenters. The largest absolute Gasteiger partial charge is 0.321 e. The van der Waals surface area contributed by atoms with Gasteiger partial charge in [-0.05, 0) is 26.2 Å². The van der Waals surface area contributed by atoms with Crippen LogP contribution in [0.2, 0.25) is 0 Å². The van der Waals surface area contributed by atoms with Crippen molar-refractivity contribution >= 4 is 0 Å². The Morgan fingerprint density at radius 3 is 2.65 bits per heavy atom. The van der Waals surface area contributed by atoms with Gasteiger partial charge in [-0.2, -0.15) is 0 Å². The monoisotopic (exact) mass is 236 g/mol. The maximum absolute atomic E-state index is 6.20. The average molecular weight is 236 g/mol. The number of hydrogen-bond acceptors (Lipinski definition) is 3. The number of rotatable bonds is 4. The summed E-state index contributed by atoms with van der Waals surface area (Å²) in [5.41, 5.74) is 6.20. The molecule has 0 aromatic carbocycles. The summed E-state index contributed by atoms with van der Waals surface area (Å²) in [6.45, 7) is 4.21. The fourth-order valence-electron chi connectivity index (χ4n) is 2.87. The van der Waals surface area contributed by atoms with E-state index in [2.05, 4.69) is 21.7 Å². The fourth-order valence-corrected chi connectivity index (χ4v) is 2.87. The lowest BCUT2D eigenvalue weighted by Gasteiger charge is -2.26. The Balaban J connectivity index is 2.21. The van der Waals surface area contributed by atoms with Crippen molar-refractivity contribution in [1.82, 2.24) is 14.8 Å². The summed E-state index contributed by atoms with van der Waals surface area (Å²) in [4.78, 5) is 0. The van der Waals surface area contributed by atoms with Gasteiger partial charge < -0.3 is 10.3 Å². The SMILES string of the molecule is CCC[C@@H](N)c1nnc(C)n1C1CCCCC1. The van der Waals surface area contributed by atoms with Gasteiger partial charge in [-0.25, -0.2) is 0 Å². The molecule has 1 aromatic rings. The van der Waals surface area contributed by atoms with Crippen molar-refractivity contribution in [3.63, 3.8) is 0 Å². The molecule has 0 spiro atoms. The van der Waals surface area contributed by atoms with Gasteiger partial charge in [-0.3, -0.25) is 0 Å². The van der Waals surface area contributed by atoms with E-state index in [0.717, 1.165) is 24.5 Å². The van der Waals surface area contributed by atoms with Gasteiger partial charge in [0, 0.05) is 6.04 Å². The van der Waals surface area contributed by atoms with Crippen molar-refractivity contribution < 1.29 is 0 Å². The standard InChI is InChI=1S/C13H24N4/c1-3-7-12(14)13-16-15-10(2)17(13)11-8-5-4-6-9-11/h11-12H,3-9,14H2,1-2H3/t12-/m1/s1. The topological polar surface area (TPSA) is 56.7 Å². The summed E-state index contributed by atoms with van der Waals surface area (Å²) < 4.78 is 2.31. The first-order valence-electron chi connectivity index (χ1n) is 6.91. The number of aromatic nitrogens is 3. The Bertz CT molecular complexity index is 352. The van der Waals surface area contributed by atoms with Crippen LogP contribution in [-0.4, -0.2) is 14.8 Å². The number of nitrogens with zero attached hydrogens (tertiary/aromatic N) is 3. The normalized spacial score (nSPS) is 19.5. The van der Waals surface area contributed by atoms with Crippen molar-refractivity contribution in [1.29, 1.82) is 0 Å². The van der Waals surface area contributed by atoms with Gasteiger partial charge in [0.25, 0.3) is 0 Å². The van der Waals surface area contributed by atoms with Gasteiger partial charge in [0.1, 0.15) is 11.6 Å². The third-order valence-electron chi connectivity index (χ3n) is 3.76. The first kappa shape index (κ1) is 12.6. The number of aryl methyl sites for hydroxylation is 1. The predicted octanol–water partition coefficient (Wildman–Crippen LogP) is 2.89. The van der Waals surface area contributed by atoms with Crippen LogP contribution in [0.4, 0.5) is 0 Å². The van der Waals surface area contributed by atoms with Gasteiger partial charge in [0.2, 0.25) is 0 Å². The second-order valence-electron chi connectivity index (χ2n) is 5.16. The van der Waals surface area contributed by atoms with Gasteiger partial charge >= 0.3 is 0 Å². The molecule has 17 heavy (non-hydrogen) atoms. The van der Waals surface area contributed by atoms with Crippen LogP contribution in [-0.2, 0) is 0 Å². The van der Waals surface area contributed by atoms with Crippen molar-refractivity contribution in [2.24, 2.45) is 5.73 Å². The molecule has 0 radical (unpaired) electrons. The highest BCUT2D eigenvalue weighted by Crippen LogP contribution is 2.31. The molecule has 1 aliphatic rings. The van der Waals surface area contributed by atoms with E-state index >= 15 is 0 Å². The van der Waals surface area contributed by atoms with E-state index in [1.54, 1.807) is 0 Å². The zero-order chi connectivity index (χ0) is 12.3. The molecule has 2 rings (SSSR count). The molecular formula is C13H24N4. The van der Waals surface area contributed by atoms with Gasteiger partial charge in [-0.15, -0.1) is 10.2 Å². The Morgan fingerprint density at radius 2 is 2.00 bits per heavy atom. The Morgan fingerprint density at radius 1 is 1.29 bits per heavy atom. The van der Waals surface area contributed by atoms with Crippen LogP contribution in [0.5, 0.6) is 0 Å². The molecule has 1 heterocycles. The third kappa shape index (κ3) is 2.68. The predicted molar refractivity (Wildman–Crippen MR) is 68.7 cm³/mol. The second-order valence-corrected chi connectivity index (χ2v) is 5.16. The molecule has 2 N–H and O–H groups in total. The van der Waals surface area contributed by atoms with E-state index in [9.17, 15) is 0 Å². The third-order valence-corrected chi connectivity index (χ3v) is 3.76. The van der Waals surface area contributed by atoms with E-state index in [1.165, 1.54) is 32.1 Å². The van der Waals surface area contributed by atoms with E-state index in [0.29, 0.717) is 6.04 Å². The first-order valence-corrected chi connectivity index (χ1v) is 6.91. The maximum atomic E-state index is 6.20. The van der Waals surface area contributed by atoms with Gasteiger partial charge in [0.15, 0.2) is 0 Å². The molecule has 1 atom stereocenters. The molecule has 1 fully saturated rings. The molecule has 1 saturated carbocycles. The van der Waals surface area contributed by atoms with Gasteiger partial charge in [-0.1, -0.05) is 32.6 Å². The molecule has 4 heteroatoms. The van der Waals surface area contributed by atoms with Crippen LogP contribution in [0.1, 0.15) is 75.6 Å². The summed E-state index contributed by atoms with van der Waals surface area (Å²) in [5, 5.41) is 8.53. The van der Waals surface area contributed by atoms with Crippen LogP contribution in [0.15, 0.2) is 0 Å². The molecule has 0 amide bonds. The highest BCUT2D eigenvalue weighted by atomic mass is 15.3. The zero-order valence-corrected chi connectivity index (χ0v) is 11.0. The van der Waals surface area contributed by atoms with Crippen LogP contribution in [0.25, 0.3) is 0 Å². The zero-order valence-electron chi connectivity index (χ0n) is 11.0. The Labute approximate surface area is 104 Å². The summed E-state index contributed by atoms with van der Waals surface area (Å²) in [7, 11) is 0. The summed E-state index contributed by atoms with van der Waals surface area (Å²) in [5.74, 6) is 2.02. The molecule has 0 saturated heterocycles. The van der Waals surface area contributed by atoms with E-state index in [1.807, 2.05) is 6.92 Å². The lowest BCUT2D eigenvalue weighted by atomic mass is 9.95. The van der Waals surface area contributed by atoms with Crippen molar-refractivity contribution in [3.8, 4) is 0 Å². The van der Waals surface area contributed by atoms with Crippen LogP contribution >= 0.6 is 0 Å². The van der Waals surface area contributed by atoms with Crippen LogP contribution < -0.4 is 5.73 Å². The number of hydrogen-bond donors (Lipinski definition) is 1. The van der Waals surface area contributed by atoms with Crippen LogP contribution in [0.3, 0.4) is 0 Å². The van der Waals surface area contributed by atoms with Crippen molar-refractivity contribution in [2.45, 2.75) is 70.9 Å². The lowest BCUT2D eigenvalue weighted by Crippen LogP contribution is -2.22. The second kappa shape index (κ2) is 5.63. The maximum Gasteiger partial charge on any atom is 0.150 e. The molecule has 96 valence electrons. The molecule has 0 bridgehead atoms. The quantitative estimate of drug-likeness (QED) is 0.874. The highest BCUT2D eigenvalue weighted by Gasteiger charge is 2.23. The fraction of sp³-hybridized carbons (Fsp3) is 0.846. The minimum Gasteiger partial charge on any atom is -0.321 e. The number of nitrogens with two attached hydrogens (primary N) is 1. The van der Waals surface area contributed by atoms with Crippen molar-refractivity contribution in [2.75, 3.05) is 0 Å². The van der Waals surface area contributed by atoms with E-state index in [4.69, 9.17) is 5.73 Å². The molecule has 1 aromatic heterocycles. The average Bonchev–Trinajstić information content (AvgIpc) is 2.73. The lowest BCUT2D eigenvalue weighted by molar-refractivity contribution is 0.334. The minimum absolute atomic E-state index is 0.0446.